The Bertz CT molecular complexity index is 1060. The molecule has 3 rings (SSSR count). The Balaban J connectivity index is 1.91. The van der Waals surface area contributed by atoms with Gasteiger partial charge < -0.3 is 9.09 Å². The van der Waals surface area contributed by atoms with Crippen LogP contribution in [0, 0.1) is 28.4 Å². The van der Waals surface area contributed by atoms with Crippen LogP contribution in [0.25, 0.3) is 11.4 Å². The van der Waals surface area contributed by atoms with Crippen LogP contribution in [-0.2, 0) is 6.54 Å². The van der Waals surface area contributed by atoms with E-state index in [1.165, 1.54) is 29.0 Å². The number of hydrogen-bond donors (Lipinski definition) is 0. The molecule has 9 heteroatoms. The summed E-state index contributed by atoms with van der Waals surface area (Å²) >= 11 is 0. The summed E-state index contributed by atoms with van der Waals surface area (Å²) in [6.07, 6.45) is 1.54. The Morgan fingerprint density at radius 3 is 2.92 bits per heavy atom. The van der Waals surface area contributed by atoms with E-state index in [2.05, 4.69) is 10.1 Å². The first-order chi connectivity index (χ1) is 12.0. The van der Waals surface area contributed by atoms with Gasteiger partial charge in [0, 0.05) is 23.9 Å². The van der Waals surface area contributed by atoms with Crippen LogP contribution in [-0.4, -0.2) is 19.6 Å². The maximum atomic E-state index is 12.2. The molecule has 3 aromatic rings. The quantitative estimate of drug-likeness (QED) is 0.526. The van der Waals surface area contributed by atoms with Gasteiger partial charge in [-0.3, -0.25) is 14.9 Å². The zero-order chi connectivity index (χ0) is 18.0. The normalized spacial score (nSPS) is 10.4. The molecule has 0 bridgehead atoms. The summed E-state index contributed by atoms with van der Waals surface area (Å²) < 4.78 is 6.40. The van der Waals surface area contributed by atoms with Crippen molar-refractivity contribution in [1.29, 1.82) is 5.26 Å². The highest BCUT2D eigenvalue weighted by Crippen LogP contribution is 2.21. The highest BCUT2D eigenvalue weighted by Gasteiger charge is 2.14. The Hall–Kier alpha value is -3.80. The van der Waals surface area contributed by atoms with Crippen molar-refractivity contribution in [2.75, 3.05) is 0 Å². The number of non-ortho nitro benzene ring substituents is 1. The van der Waals surface area contributed by atoms with Crippen molar-refractivity contribution in [3.05, 3.63) is 74.0 Å². The second kappa shape index (κ2) is 6.37. The van der Waals surface area contributed by atoms with E-state index in [1.807, 2.05) is 6.07 Å². The lowest BCUT2D eigenvalue weighted by Crippen LogP contribution is -2.23. The van der Waals surface area contributed by atoms with Crippen LogP contribution >= 0.6 is 0 Å². The average Bonchev–Trinajstić information content (AvgIpc) is 3.07. The lowest BCUT2D eigenvalue weighted by atomic mass is 10.2. The fourth-order valence-electron chi connectivity index (χ4n) is 2.27. The van der Waals surface area contributed by atoms with E-state index >= 15 is 0 Å². The minimum absolute atomic E-state index is 0.00425. The molecule has 0 N–H and O–H groups in total. The fourth-order valence-corrected chi connectivity index (χ4v) is 2.27. The minimum Gasteiger partial charge on any atom is -0.337 e. The van der Waals surface area contributed by atoms with Gasteiger partial charge in [0.2, 0.25) is 11.7 Å². The van der Waals surface area contributed by atoms with Crippen LogP contribution in [0.4, 0.5) is 5.69 Å². The molecular weight excluding hydrogens is 326 g/mol. The standard InChI is InChI=1S/C16H11N5O4/c1-10-5-6-20(16(22)13(10)8-17)9-14-18-15(19-25-14)11-3-2-4-12(7-11)21(23)24/h2-7H,9H2,1H3. The molecule has 0 radical (unpaired) electrons. The van der Waals surface area contributed by atoms with Gasteiger partial charge in [0.15, 0.2) is 0 Å². The van der Waals surface area contributed by atoms with Gasteiger partial charge in [-0.05, 0) is 18.6 Å². The fraction of sp³-hybridized carbons (Fsp3) is 0.125. The number of pyridine rings is 1. The molecule has 0 spiro atoms. The highest BCUT2D eigenvalue weighted by atomic mass is 16.6. The van der Waals surface area contributed by atoms with Gasteiger partial charge in [-0.15, -0.1) is 0 Å². The van der Waals surface area contributed by atoms with Crippen molar-refractivity contribution in [2.45, 2.75) is 13.5 Å². The van der Waals surface area contributed by atoms with Gasteiger partial charge in [0.1, 0.15) is 18.2 Å². The van der Waals surface area contributed by atoms with Crippen molar-refractivity contribution in [1.82, 2.24) is 14.7 Å². The summed E-state index contributed by atoms with van der Waals surface area (Å²) in [5.41, 5.74) is 0.542. The summed E-state index contributed by atoms with van der Waals surface area (Å²) in [6, 6.07) is 9.36. The van der Waals surface area contributed by atoms with Gasteiger partial charge in [-0.2, -0.15) is 10.2 Å². The van der Waals surface area contributed by atoms with Crippen molar-refractivity contribution in [2.24, 2.45) is 0 Å². The van der Waals surface area contributed by atoms with Crippen molar-refractivity contribution >= 4 is 5.69 Å². The SMILES string of the molecule is Cc1ccn(Cc2nc(-c3cccc([N+](=O)[O-])c3)no2)c(=O)c1C#N. The summed E-state index contributed by atoms with van der Waals surface area (Å²) in [5.74, 6) is 0.329. The molecule has 0 saturated carbocycles. The Morgan fingerprint density at radius 2 is 2.20 bits per heavy atom. The molecule has 25 heavy (non-hydrogen) atoms. The molecular formula is C16H11N5O4. The lowest BCUT2D eigenvalue weighted by molar-refractivity contribution is -0.384. The molecule has 9 nitrogen and oxygen atoms in total. The maximum absolute atomic E-state index is 12.2. The number of nitro groups is 1. The molecule has 1 aromatic carbocycles. The molecule has 0 unspecified atom stereocenters. The molecule has 0 atom stereocenters. The second-order valence-corrected chi connectivity index (χ2v) is 5.24. The summed E-state index contributed by atoms with van der Waals surface area (Å²) in [4.78, 5) is 26.7. The number of benzene rings is 1. The first kappa shape index (κ1) is 16.1. The third-order valence-electron chi connectivity index (χ3n) is 3.57. The summed E-state index contributed by atoms with van der Waals surface area (Å²) in [5, 5.41) is 23.7. The van der Waals surface area contributed by atoms with Gasteiger partial charge in [-0.1, -0.05) is 17.3 Å². The number of aromatic nitrogens is 3. The van der Waals surface area contributed by atoms with Crippen LogP contribution in [0.2, 0.25) is 0 Å². The Labute approximate surface area is 140 Å². The number of nitro benzene ring substituents is 1. The topological polar surface area (TPSA) is 128 Å². The zero-order valence-corrected chi connectivity index (χ0v) is 13.0. The first-order valence-electron chi connectivity index (χ1n) is 7.17. The van der Waals surface area contributed by atoms with E-state index in [-0.39, 0.29) is 29.5 Å². The first-order valence-corrected chi connectivity index (χ1v) is 7.17. The monoisotopic (exact) mass is 337 g/mol. The van der Waals surface area contributed by atoms with Crippen LogP contribution in [0.3, 0.4) is 0 Å². The number of rotatable bonds is 4. The average molecular weight is 337 g/mol. The minimum atomic E-state index is -0.514. The van der Waals surface area contributed by atoms with E-state index in [4.69, 9.17) is 9.78 Å². The van der Waals surface area contributed by atoms with Crippen molar-refractivity contribution in [3.63, 3.8) is 0 Å². The number of aryl methyl sites for hydroxylation is 1. The van der Waals surface area contributed by atoms with Crippen LogP contribution in [0.1, 0.15) is 17.0 Å². The number of nitriles is 1. The largest absolute Gasteiger partial charge is 0.337 e. The third kappa shape index (κ3) is 3.13. The maximum Gasteiger partial charge on any atom is 0.270 e. The molecule has 0 aliphatic carbocycles. The molecule has 124 valence electrons. The van der Waals surface area contributed by atoms with E-state index in [9.17, 15) is 14.9 Å². The molecule has 2 heterocycles. The second-order valence-electron chi connectivity index (χ2n) is 5.24. The summed E-state index contributed by atoms with van der Waals surface area (Å²) in [7, 11) is 0. The third-order valence-corrected chi connectivity index (χ3v) is 3.57. The molecule has 2 aromatic heterocycles. The van der Waals surface area contributed by atoms with Gasteiger partial charge in [0.25, 0.3) is 11.2 Å². The van der Waals surface area contributed by atoms with E-state index < -0.39 is 10.5 Å². The molecule has 0 aliphatic rings. The van der Waals surface area contributed by atoms with Crippen LogP contribution < -0.4 is 5.56 Å². The Kier molecular flexibility index (Phi) is 4.09. The van der Waals surface area contributed by atoms with E-state index in [0.29, 0.717) is 11.1 Å². The van der Waals surface area contributed by atoms with E-state index in [1.54, 1.807) is 19.1 Å². The number of hydrogen-bond acceptors (Lipinski definition) is 7. The lowest BCUT2D eigenvalue weighted by Gasteiger charge is -2.03. The molecule has 0 aliphatic heterocycles. The predicted octanol–water partition coefficient (Wildman–Crippen LogP) is 2.03. The van der Waals surface area contributed by atoms with Crippen LogP contribution in [0.5, 0.6) is 0 Å². The zero-order valence-electron chi connectivity index (χ0n) is 13.0. The van der Waals surface area contributed by atoms with Crippen LogP contribution in [0.15, 0.2) is 45.8 Å². The van der Waals surface area contributed by atoms with Crippen molar-refractivity contribution < 1.29 is 9.45 Å². The predicted molar refractivity (Wildman–Crippen MR) is 85.6 cm³/mol. The Morgan fingerprint density at radius 1 is 1.40 bits per heavy atom. The van der Waals surface area contributed by atoms with E-state index in [0.717, 1.165) is 0 Å². The van der Waals surface area contributed by atoms with Gasteiger partial charge >= 0.3 is 0 Å². The molecule has 0 amide bonds. The highest BCUT2D eigenvalue weighted by molar-refractivity contribution is 5.58. The van der Waals surface area contributed by atoms with Crippen molar-refractivity contribution in [3.8, 4) is 17.5 Å². The number of nitrogens with zero attached hydrogens (tertiary/aromatic N) is 5. The molecule has 0 fully saturated rings. The molecule has 0 saturated heterocycles. The van der Waals surface area contributed by atoms with Gasteiger partial charge in [-0.25, -0.2) is 0 Å². The summed E-state index contributed by atoms with van der Waals surface area (Å²) in [6.45, 7) is 1.67. The van der Waals surface area contributed by atoms with Gasteiger partial charge in [0.05, 0.1) is 4.92 Å². The smallest absolute Gasteiger partial charge is 0.270 e.